The zero-order valence-corrected chi connectivity index (χ0v) is 11.0. The highest BCUT2D eigenvalue weighted by molar-refractivity contribution is 5.98. The molecule has 6 nitrogen and oxygen atoms in total. The summed E-state index contributed by atoms with van der Waals surface area (Å²) in [6.45, 7) is -0.658. The molecule has 1 rings (SSSR count). The van der Waals surface area contributed by atoms with Crippen molar-refractivity contribution in [3.05, 3.63) is 35.7 Å². The van der Waals surface area contributed by atoms with Crippen molar-refractivity contribution in [2.24, 2.45) is 0 Å². The van der Waals surface area contributed by atoms with Gasteiger partial charge in [0.1, 0.15) is 6.61 Å². The maximum atomic E-state index is 11.9. The Kier molecular flexibility index (Phi) is 6.96. The quantitative estimate of drug-likeness (QED) is 0.556. The first-order valence-corrected chi connectivity index (χ1v) is 6.00. The minimum Gasteiger partial charge on any atom is -0.478 e. The zero-order valence-electron chi connectivity index (χ0n) is 11.0. The molecule has 0 aromatic carbocycles. The summed E-state index contributed by atoms with van der Waals surface area (Å²) in [7, 11) is 0. The van der Waals surface area contributed by atoms with E-state index in [0.29, 0.717) is 5.56 Å². The molecule has 0 radical (unpaired) electrons. The highest BCUT2D eigenvalue weighted by Crippen LogP contribution is 2.09. The second-order valence-corrected chi connectivity index (χ2v) is 3.86. The van der Waals surface area contributed by atoms with E-state index in [4.69, 9.17) is 5.11 Å². The number of hydrogen-bond donors (Lipinski definition) is 2. The number of halogens is 2. The monoisotopic (exact) mass is 300 g/mol. The van der Waals surface area contributed by atoms with Crippen LogP contribution in [0.4, 0.5) is 8.78 Å². The summed E-state index contributed by atoms with van der Waals surface area (Å²) < 4.78 is 28.2. The summed E-state index contributed by atoms with van der Waals surface area (Å²) in [5.74, 6) is -1.62. The van der Waals surface area contributed by atoms with Crippen LogP contribution in [-0.2, 0) is 9.53 Å². The molecule has 0 saturated carbocycles. The van der Waals surface area contributed by atoms with Crippen LogP contribution in [0.3, 0.4) is 0 Å². The topological polar surface area (TPSA) is 88.5 Å². The smallest absolute Gasteiger partial charge is 0.328 e. The molecule has 1 aromatic rings. The van der Waals surface area contributed by atoms with Crippen molar-refractivity contribution >= 4 is 18.0 Å². The molecule has 21 heavy (non-hydrogen) atoms. The molecule has 0 aliphatic carbocycles. The van der Waals surface area contributed by atoms with Crippen LogP contribution in [0, 0.1) is 0 Å². The van der Waals surface area contributed by atoms with Gasteiger partial charge in [0, 0.05) is 36.1 Å². The van der Waals surface area contributed by atoms with Gasteiger partial charge >= 0.3 is 5.97 Å². The van der Waals surface area contributed by atoms with E-state index in [1.807, 2.05) is 0 Å². The first kappa shape index (κ1) is 16.7. The highest BCUT2D eigenvalue weighted by atomic mass is 19.3. The molecular weight excluding hydrogens is 286 g/mol. The number of nitrogens with one attached hydrogen (secondary N) is 1. The van der Waals surface area contributed by atoms with Crippen LogP contribution in [0.2, 0.25) is 0 Å². The number of carbonyl (C=O) groups excluding carboxylic acids is 1. The number of carbonyl (C=O) groups is 2. The Morgan fingerprint density at radius 2 is 2.24 bits per heavy atom. The van der Waals surface area contributed by atoms with Crippen LogP contribution < -0.4 is 5.32 Å². The Morgan fingerprint density at radius 1 is 1.48 bits per heavy atom. The van der Waals surface area contributed by atoms with Crippen molar-refractivity contribution in [2.75, 3.05) is 19.8 Å². The van der Waals surface area contributed by atoms with Gasteiger partial charge in [-0.1, -0.05) is 0 Å². The summed E-state index contributed by atoms with van der Waals surface area (Å²) in [6.07, 6.45) is 2.33. The van der Waals surface area contributed by atoms with E-state index < -0.39 is 24.9 Å². The molecule has 0 saturated heterocycles. The van der Waals surface area contributed by atoms with Crippen molar-refractivity contribution in [1.82, 2.24) is 10.3 Å². The van der Waals surface area contributed by atoms with Crippen molar-refractivity contribution in [3.8, 4) is 0 Å². The number of ether oxygens (including phenoxy) is 1. The maximum absolute atomic E-state index is 11.9. The fraction of sp³-hybridized carbons (Fsp3) is 0.308. The minimum atomic E-state index is -2.55. The summed E-state index contributed by atoms with van der Waals surface area (Å²) in [6, 6.07) is 1.43. The van der Waals surface area contributed by atoms with E-state index >= 15 is 0 Å². The summed E-state index contributed by atoms with van der Waals surface area (Å²) in [4.78, 5) is 26.2. The van der Waals surface area contributed by atoms with Crippen LogP contribution in [0.25, 0.3) is 6.08 Å². The first-order valence-electron chi connectivity index (χ1n) is 6.00. The predicted molar refractivity (Wildman–Crippen MR) is 70.1 cm³/mol. The predicted octanol–water partition coefficient (Wildman–Crippen LogP) is 1.19. The summed E-state index contributed by atoms with van der Waals surface area (Å²) in [5.41, 5.74) is 0.572. The lowest BCUT2D eigenvalue weighted by Gasteiger charge is -2.08. The number of carboxylic acid groups (broad SMARTS) is 1. The number of rotatable bonds is 8. The van der Waals surface area contributed by atoms with Crippen molar-refractivity contribution < 1.29 is 28.2 Å². The number of amides is 1. The molecule has 0 bridgehead atoms. The fourth-order valence-corrected chi connectivity index (χ4v) is 1.41. The fourth-order valence-electron chi connectivity index (χ4n) is 1.41. The van der Waals surface area contributed by atoms with E-state index in [9.17, 15) is 18.4 Å². The molecule has 0 spiro atoms. The summed E-state index contributed by atoms with van der Waals surface area (Å²) >= 11 is 0. The van der Waals surface area contributed by atoms with Crippen LogP contribution in [0.5, 0.6) is 0 Å². The van der Waals surface area contributed by atoms with E-state index in [0.717, 1.165) is 6.08 Å². The van der Waals surface area contributed by atoms with E-state index in [1.165, 1.54) is 24.5 Å². The summed E-state index contributed by atoms with van der Waals surface area (Å²) in [5, 5.41) is 11.0. The third-order valence-electron chi connectivity index (χ3n) is 2.28. The highest BCUT2D eigenvalue weighted by Gasteiger charge is 2.09. The number of aromatic nitrogens is 1. The van der Waals surface area contributed by atoms with Gasteiger partial charge in [-0.2, -0.15) is 0 Å². The van der Waals surface area contributed by atoms with Crippen LogP contribution in [-0.4, -0.2) is 48.2 Å². The lowest BCUT2D eigenvalue weighted by molar-refractivity contribution is -0.131. The molecule has 2 N–H and O–H groups in total. The SMILES string of the molecule is O=C(O)/C=C/c1cnccc1C(=O)NCCOCC(F)F. The second kappa shape index (κ2) is 8.75. The Bertz CT molecular complexity index is 521. The van der Waals surface area contributed by atoms with Crippen molar-refractivity contribution in [3.63, 3.8) is 0 Å². The van der Waals surface area contributed by atoms with Gasteiger partial charge in [-0.3, -0.25) is 9.78 Å². The van der Waals surface area contributed by atoms with Gasteiger partial charge in [0.2, 0.25) is 0 Å². The van der Waals surface area contributed by atoms with E-state index in [1.54, 1.807) is 0 Å². The van der Waals surface area contributed by atoms with Gasteiger partial charge in [0.25, 0.3) is 12.3 Å². The molecule has 0 fully saturated rings. The molecule has 0 unspecified atom stereocenters. The average molecular weight is 300 g/mol. The molecule has 1 heterocycles. The van der Waals surface area contributed by atoms with Crippen LogP contribution in [0.1, 0.15) is 15.9 Å². The van der Waals surface area contributed by atoms with Gasteiger partial charge < -0.3 is 15.2 Å². The number of alkyl halides is 2. The van der Waals surface area contributed by atoms with Gasteiger partial charge in [-0.15, -0.1) is 0 Å². The van der Waals surface area contributed by atoms with Gasteiger partial charge in [-0.25, -0.2) is 13.6 Å². The lowest BCUT2D eigenvalue weighted by atomic mass is 10.1. The Hall–Kier alpha value is -2.35. The van der Waals surface area contributed by atoms with Gasteiger partial charge in [0.15, 0.2) is 0 Å². The Balaban J connectivity index is 2.56. The minimum absolute atomic E-state index is 0.0402. The van der Waals surface area contributed by atoms with Crippen molar-refractivity contribution in [2.45, 2.75) is 6.43 Å². The Labute approximate surface area is 119 Å². The van der Waals surface area contributed by atoms with E-state index in [2.05, 4.69) is 15.0 Å². The normalized spacial score (nSPS) is 11.0. The number of nitrogens with zero attached hydrogens (tertiary/aromatic N) is 1. The number of aliphatic carboxylic acids is 1. The number of carboxylic acids is 1. The zero-order chi connectivity index (χ0) is 15.7. The third kappa shape index (κ3) is 6.57. The molecule has 8 heteroatoms. The molecule has 1 amide bonds. The van der Waals surface area contributed by atoms with Crippen LogP contribution in [0.15, 0.2) is 24.5 Å². The van der Waals surface area contributed by atoms with Crippen molar-refractivity contribution in [1.29, 1.82) is 0 Å². The molecule has 1 aromatic heterocycles. The van der Waals surface area contributed by atoms with E-state index in [-0.39, 0.29) is 18.7 Å². The molecule has 0 aliphatic rings. The lowest BCUT2D eigenvalue weighted by Crippen LogP contribution is -2.28. The maximum Gasteiger partial charge on any atom is 0.328 e. The molecule has 114 valence electrons. The molecule has 0 aliphatic heterocycles. The largest absolute Gasteiger partial charge is 0.478 e. The average Bonchev–Trinajstić information content (AvgIpc) is 2.44. The molecular formula is C13H14F2N2O4. The first-order chi connectivity index (χ1) is 10.0. The second-order valence-electron chi connectivity index (χ2n) is 3.86. The number of pyridine rings is 1. The number of hydrogen-bond acceptors (Lipinski definition) is 4. The third-order valence-corrected chi connectivity index (χ3v) is 2.28. The van der Waals surface area contributed by atoms with Gasteiger partial charge in [-0.05, 0) is 12.1 Å². The van der Waals surface area contributed by atoms with Crippen LogP contribution >= 0.6 is 0 Å². The Morgan fingerprint density at radius 3 is 2.90 bits per heavy atom. The standard InChI is InChI=1S/C13H14F2N2O4/c14-11(15)8-21-6-5-17-13(20)10-3-4-16-7-9(10)1-2-12(18)19/h1-4,7,11H,5-6,8H2,(H,17,20)(H,18,19)/b2-1+. The molecule has 0 atom stereocenters. The van der Waals surface area contributed by atoms with Gasteiger partial charge in [0.05, 0.1) is 6.61 Å².